The summed E-state index contributed by atoms with van der Waals surface area (Å²) in [6, 6.07) is 1.31. The fraction of sp³-hybridized carbons (Fsp3) is 0.273. The Bertz CT molecular complexity index is 432. The third-order valence-electron chi connectivity index (χ3n) is 1.54. The van der Waals surface area contributed by atoms with Gasteiger partial charge in [0.15, 0.2) is 5.82 Å². The summed E-state index contributed by atoms with van der Waals surface area (Å²) < 4.78 is 17.7. The Kier molecular flexibility index (Phi) is 3.81. The first kappa shape index (κ1) is 11.2. The second-order valence-electron chi connectivity index (χ2n) is 2.81. The summed E-state index contributed by atoms with van der Waals surface area (Å²) in [5.74, 6) is 3.24. The van der Waals surface area contributed by atoms with E-state index in [1.54, 1.807) is 13.8 Å². The highest BCUT2D eigenvalue weighted by atomic mass is 19.1. The molecule has 0 aliphatic heterocycles. The van der Waals surface area contributed by atoms with E-state index < -0.39 is 11.8 Å². The molecule has 0 saturated heterocycles. The van der Waals surface area contributed by atoms with Crippen molar-refractivity contribution in [3.05, 3.63) is 29.3 Å². The molecule has 0 spiro atoms. The predicted octanol–water partition coefficient (Wildman–Crippen LogP) is 1.44. The number of aryl methyl sites for hydroxylation is 1. The lowest BCUT2D eigenvalue weighted by Gasteiger charge is -1.95. The van der Waals surface area contributed by atoms with Crippen LogP contribution in [0.3, 0.4) is 0 Å². The Balaban J connectivity index is 2.84. The minimum Gasteiger partial charge on any atom is -0.456 e. The molecule has 3 nitrogen and oxygen atoms in total. The van der Waals surface area contributed by atoms with Gasteiger partial charge in [0, 0.05) is 12.1 Å². The number of nitrogens with zero attached hydrogens (tertiary/aromatic N) is 1. The highest BCUT2D eigenvalue weighted by Crippen LogP contribution is 2.04. The Morgan fingerprint density at radius 1 is 1.67 bits per heavy atom. The fourth-order valence-electron chi connectivity index (χ4n) is 0.903. The van der Waals surface area contributed by atoms with Gasteiger partial charge in [-0.1, -0.05) is 0 Å². The van der Waals surface area contributed by atoms with Gasteiger partial charge in [-0.15, -0.1) is 0 Å². The van der Waals surface area contributed by atoms with Crippen molar-refractivity contribution in [2.45, 2.75) is 13.8 Å². The number of hydrogen-bond donors (Lipinski definition) is 0. The largest absolute Gasteiger partial charge is 0.456 e. The molecule has 1 aromatic rings. The number of pyridine rings is 1. The second-order valence-corrected chi connectivity index (χ2v) is 2.81. The van der Waals surface area contributed by atoms with Crippen LogP contribution < -0.4 is 0 Å². The van der Waals surface area contributed by atoms with E-state index in [2.05, 4.69) is 21.6 Å². The maximum atomic E-state index is 13.2. The van der Waals surface area contributed by atoms with Crippen LogP contribution in [0.5, 0.6) is 0 Å². The van der Waals surface area contributed by atoms with Crippen LogP contribution in [0.2, 0.25) is 0 Å². The molecule has 0 aromatic carbocycles. The van der Waals surface area contributed by atoms with Crippen LogP contribution in [0.15, 0.2) is 12.3 Å². The lowest BCUT2D eigenvalue weighted by atomic mass is 10.2. The molecule has 0 atom stereocenters. The van der Waals surface area contributed by atoms with Gasteiger partial charge in [-0.3, -0.25) is 0 Å². The predicted molar refractivity (Wildman–Crippen MR) is 52.4 cm³/mol. The molecule has 15 heavy (non-hydrogen) atoms. The molecule has 4 heteroatoms. The van der Waals surface area contributed by atoms with Crippen molar-refractivity contribution in [3.63, 3.8) is 0 Å². The van der Waals surface area contributed by atoms with Gasteiger partial charge in [0.1, 0.15) is 5.69 Å². The number of hydrogen-bond acceptors (Lipinski definition) is 3. The molecule has 0 aliphatic rings. The molecule has 0 unspecified atom stereocenters. The van der Waals surface area contributed by atoms with Crippen molar-refractivity contribution in [1.82, 2.24) is 4.98 Å². The standard InChI is InChI=1S/C11H10FNO2/c1-3-15-11(14)5-4-10-9(12)6-8(2)7-13-10/h6-7H,3H2,1-2H3. The van der Waals surface area contributed by atoms with Crippen molar-refractivity contribution in [1.29, 1.82) is 0 Å². The smallest absolute Gasteiger partial charge is 0.384 e. The van der Waals surface area contributed by atoms with Gasteiger partial charge in [0.25, 0.3) is 0 Å². The minimum atomic E-state index is -0.681. The number of halogens is 1. The van der Waals surface area contributed by atoms with E-state index in [9.17, 15) is 9.18 Å². The molecule has 1 rings (SSSR count). The topological polar surface area (TPSA) is 39.2 Å². The number of carbonyl (C=O) groups excluding carboxylic acids is 1. The zero-order valence-electron chi connectivity index (χ0n) is 8.50. The molecule has 0 radical (unpaired) electrons. The molecule has 78 valence electrons. The van der Waals surface area contributed by atoms with E-state index in [-0.39, 0.29) is 12.3 Å². The molecular weight excluding hydrogens is 197 g/mol. The summed E-state index contributed by atoms with van der Waals surface area (Å²) in [7, 11) is 0. The lowest BCUT2D eigenvalue weighted by Crippen LogP contribution is -2.00. The molecule has 0 fully saturated rings. The Hall–Kier alpha value is -1.89. The first-order chi connectivity index (χ1) is 7.13. The number of ether oxygens (including phenoxy) is 1. The fourth-order valence-corrected chi connectivity index (χ4v) is 0.903. The summed E-state index contributed by atoms with van der Waals surface area (Å²) in [6.45, 7) is 3.64. The van der Waals surface area contributed by atoms with Crippen molar-refractivity contribution in [3.8, 4) is 11.8 Å². The maximum Gasteiger partial charge on any atom is 0.384 e. The van der Waals surface area contributed by atoms with Crippen LogP contribution in [-0.4, -0.2) is 17.6 Å². The average Bonchev–Trinajstić information content (AvgIpc) is 2.17. The molecular formula is C11H10FNO2. The summed E-state index contributed by atoms with van der Waals surface area (Å²) in [4.78, 5) is 14.6. The monoisotopic (exact) mass is 207 g/mol. The molecule has 0 aliphatic carbocycles. The normalized spacial score (nSPS) is 9.00. The molecule has 1 heterocycles. The molecule has 0 saturated carbocycles. The number of esters is 1. The number of carbonyl (C=O) groups is 1. The summed E-state index contributed by atoms with van der Waals surface area (Å²) in [5, 5.41) is 0. The van der Waals surface area contributed by atoms with Crippen molar-refractivity contribution in [2.24, 2.45) is 0 Å². The van der Waals surface area contributed by atoms with Gasteiger partial charge < -0.3 is 4.74 Å². The zero-order chi connectivity index (χ0) is 11.3. The van der Waals surface area contributed by atoms with Crippen molar-refractivity contribution < 1.29 is 13.9 Å². The summed E-state index contributed by atoms with van der Waals surface area (Å²) in [5.41, 5.74) is 0.655. The van der Waals surface area contributed by atoms with Crippen LogP contribution in [0.1, 0.15) is 18.2 Å². The first-order valence-corrected chi connectivity index (χ1v) is 4.44. The van der Waals surface area contributed by atoms with Gasteiger partial charge in [-0.2, -0.15) is 0 Å². The van der Waals surface area contributed by atoms with Crippen molar-refractivity contribution >= 4 is 5.97 Å². The quantitative estimate of drug-likeness (QED) is 0.516. The maximum absolute atomic E-state index is 13.2. The van der Waals surface area contributed by atoms with E-state index in [0.717, 1.165) is 0 Å². The van der Waals surface area contributed by atoms with E-state index in [0.29, 0.717) is 5.56 Å². The summed E-state index contributed by atoms with van der Waals surface area (Å²) >= 11 is 0. The highest BCUT2D eigenvalue weighted by Gasteiger charge is 2.01. The van der Waals surface area contributed by atoms with E-state index in [1.807, 2.05) is 0 Å². The SMILES string of the molecule is CCOC(=O)C#Cc1ncc(C)cc1F. The molecule has 0 N–H and O–H groups in total. The average molecular weight is 207 g/mol. The van der Waals surface area contributed by atoms with Crippen LogP contribution in [-0.2, 0) is 9.53 Å². The van der Waals surface area contributed by atoms with Crippen LogP contribution >= 0.6 is 0 Å². The van der Waals surface area contributed by atoms with Gasteiger partial charge in [0.2, 0.25) is 0 Å². The highest BCUT2D eigenvalue weighted by molar-refractivity contribution is 5.88. The number of rotatable bonds is 1. The van der Waals surface area contributed by atoms with E-state index in [1.165, 1.54) is 12.3 Å². The van der Waals surface area contributed by atoms with Crippen LogP contribution in [0, 0.1) is 24.6 Å². The molecule has 0 amide bonds. The third kappa shape index (κ3) is 3.39. The minimum absolute atomic E-state index is 0.0475. The molecule has 1 aromatic heterocycles. The van der Waals surface area contributed by atoms with Gasteiger partial charge in [-0.05, 0) is 31.4 Å². The van der Waals surface area contributed by atoms with Crippen molar-refractivity contribution in [2.75, 3.05) is 6.61 Å². The van der Waals surface area contributed by atoms with Crippen LogP contribution in [0.4, 0.5) is 4.39 Å². The van der Waals surface area contributed by atoms with Gasteiger partial charge in [0.05, 0.1) is 6.61 Å². The Morgan fingerprint density at radius 3 is 3.00 bits per heavy atom. The van der Waals surface area contributed by atoms with Crippen LogP contribution in [0.25, 0.3) is 0 Å². The van der Waals surface area contributed by atoms with E-state index >= 15 is 0 Å². The second kappa shape index (κ2) is 5.11. The van der Waals surface area contributed by atoms with E-state index in [4.69, 9.17) is 0 Å². The van der Waals surface area contributed by atoms with Gasteiger partial charge >= 0.3 is 5.97 Å². The third-order valence-corrected chi connectivity index (χ3v) is 1.54. The van der Waals surface area contributed by atoms with Gasteiger partial charge in [-0.25, -0.2) is 14.2 Å². The summed E-state index contributed by atoms with van der Waals surface area (Å²) in [6.07, 6.45) is 1.48. The Labute approximate surface area is 87.3 Å². The molecule has 0 bridgehead atoms. The Morgan fingerprint density at radius 2 is 2.40 bits per heavy atom. The lowest BCUT2D eigenvalue weighted by molar-refractivity contribution is -0.136. The zero-order valence-corrected chi connectivity index (χ0v) is 8.50. The first-order valence-electron chi connectivity index (χ1n) is 4.44. The number of aromatic nitrogens is 1.